The third kappa shape index (κ3) is 6.26. The van der Waals surface area contributed by atoms with Crippen LogP contribution in [0.1, 0.15) is 26.2 Å². The third-order valence-corrected chi connectivity index (χ3v) is 3.22. The van der Waals surface area contributed by atoms with Crippen molar-refractivity contribution in [1.29, 1.82) is 0 Å². The van der Waals surface area contributed by atoms with Gasteiger partial charge in [0.15, 0.2) is 0 Å². The predicted molar refractivity (Wildman–Crippen MR) is 84.6 cm³/mol. The first-order chi connectivity index (χ1) is 9.81. The van der Waals surface area contributed by atoms with Gasteiger partial charge < -0.3 is 20.1 Å². The molecule has 0 aromatic heterocycles. The van der Waals surface area contributed by atoms with E-state index in [1.165, 1.54) is 12.1 Å². The van der Waals surface area contributed by atoms with Crippen LogP contribution in [-0.4, -0.2) is 40.0 Å². The van der Waals surface area contributed by atoms with E-state index in [2.05, 4.69) is 24.0 Å². The standard InChI is InChI=1S/C16H28N2O2/c1-3-4-13-20-14-12-18(11-5-10-17)15-6-8-16(19-2)9-7-15/h6-9H,3-5,10-14,17H2,1-2H3. The summed E-state index contributed by atoms with van der Waals surface area (Å²) in [4.78, 5) is 2.32. The summed E-state index contributed by atoms with van der Waals surface area (Å²) in [5.41, 5.74) is 6.81. The van der Waals surface area contributed by atoms with Crippen LogP contribution in [0.15, 0.2) is 24.3 Å². The number of ether oxygens (including phenoxy) is 2. The quantitative estimate of drug-likeness (QED) is 0.633. The lowest BCUT2D eigenvalue weighted by atomic mass is 10.2. The van der Waals surface area contributed by atoms with Crippen molar-refractivity contribution in [2.24, 2.45) is 5.73 Å². The van der Waals surface area contributed by atoms with E-state index in [1.807, 2.05) is 12.1 Å². The molecule has 0 aliphatic rings. The van der Waals surface area contributed by atoms with E-state index in [9.17, 15) is 0 Å². The molecule has 1 rings (SSSR count). The fourth-order valence-electron chi connectivity index (χ4n) is 1.97. The summed E-state index contributed by atoms with van der Waals surface area (Å²) in [6, 6.07) is 8.15. The molecule has 0 aliphatic heterocycles. The number of nitrogens with zero attached hydrogens (tertiary/aromatic N) is 1. The zero-order valence-corrected chi connectivity index (χ0v) is 12.8. The third-order valence-electron chi connectivity index (χ3n) is 3.22. The highest BCUT2D eigenvalue weighted by Crippen LogP contribution is 2.19. The molecule has 20 heavy (non-hydrogen) atoms. The number of hydrogen-bond donors (Lipinski definition) is 1. The van der Waals surface area contributed by atoms with Crippen molar-refractivity contribution in [2.45, 2.75) is 26.2 Å². The highest BCUT2D eigenvalue weighted by Gasteiger charge is 2.06. The Balaban J connectivity index is 2.48. The monoisotopic (exact) mass is 280 g/mol. The van der Waals surface area contributed by atoms with Gasteiger partial charge in [0.1, 0.15) is 5.75 Å². The Bertz CT molecular complexity index is 341. The molecule has 0 heterocycles. The van der Waals surface area contributed by atoms with E-state index >= 15 is 0 Å². The Hall–Kier alpha value is -1.26. The second-order valence-electron chi connectivity index (χ2n) is 4.79. The van der Waals surface area contributed by atoms with Gasteiger partial charge in [0, 0.05) is 25.4 Å². The first-order valence-electron chi connectivity index (χ1n) is 7.48. The summed E-state index contributed by atoms with van der Waals surface area (Å²) in [7, 11) is 1.68. The van der Waals surface area contributed by atoms with Crippen LogP contribution in [0.3, 0.4) is 0 Å². The number of nitrogens with two attached hydrogens (primary N) is 1. The average molecular weight is 280 g/mol. The second kappa shape index (κ2) is 10.5. The number of unbranched alkanes of at least 4 members (excludes halogenated alkanes) is 1. The van der Waals surface area contributed by atoms with Crippen molar-refractivity contribution in [3.8, 4) is 5.75 Å². The fraction of sp³-hybridized carbons (Fsp3) is 0.625. The van der Waals surface area contributed by atoms with Crippen molar-refractivity contribution in [2.75, 3.05) is 44.9 Å². The number of hydrogen-bond acceptors (Lipinski definition) is 4. The van der Waals surface area contributed by atoms with Crippen LogP contribution in [0, 0.1) is 0 Å². The fourth-order valence-corrected chi connectivity index (χ4v) is 1.97. The van der Waals surface area contributed by atoms with Crippen LogP contribution in [0.25, 0.3) is 0 Å². The van der Waals surface area contributed by atoms with E-state index in [1.54, 1.807) is 7.11 Å². The molecule has 0 radical (unpaired) electrons. The molecule has 0 saturated heterocycles. The first kappa shape index (κ1) is 16.8. The molecule has 0 aliphatic carbocycles. The van der Waals surface area contributed by atoms with E-state index in [0.717, 1.165) is 44.9 Å². The number of anilines is 1. The zero-order valence-electron chi connectivity index (χ0n) is 12.8. The summed E-state index contributed by atoms with van der Waals surface area (Å²) in [6.45, 7) is 6.36. The van der Waals surface area contributed by atoms with Gasteiger partial charge in [-0.05, 0) is 43.7 Å². The van der Waals surface area contributed by atoms with Crippen LogP contribution in [0.5, 0.6) is 5.75 Å². The molecular formula is C16H28N2O2. The number of methoxy groups -OCH3 is 1. The smallest absolute Gasteiger partial charge is 0.119 e. The lowest BCUT2D eigenvalue weighted by Gasteiger charge is -2.25. The first-order valence-corrected chi connectivity index (χ1v) is 7.48. The minimum absolute atomic E-state index is 0.712. The van der Waals surface area contributed by atoms with Crippen LogP contribution in [0.2, 0.25) is 0 Å². The van der Waals surface area contributed by atoms with Gasteiger partial charge in [-0.25, -0.2) is 0 Å². The van der Waals surface area contributed by atoms with Crippen LogP contribution >= 0.6 is 0 Å². The summed E-state index contributed by atoms with van der Waals surface area (Å²) in [5, 5.41) is 0. The Labute approximate surface area is 122 Å². The van der Waals surface area contributed by atoms with E-state index in [-0.39, 0.29) is 0 Å². The molecule has 1 aromatic carbocycles. The lowest BCUT2D eigenvalue weighted by Crippen LogP contribution is -2.29. The van der Waals surface area contributed by atoms with Crippen molar-refractivity contribution < 1.29 is 9.47 Å². The van der Waals surface area contributed by atoms with Gasteiger partial charge in [-0.2, -0.15) is 0 Å². The topological polar surface area (TPSA) is 47.7 Å². The molecule has 0 amide bonds. The molecule has 0 bridgehead atoms. The minimum Gasteiger partial charge on any atom is -0.497 e. The van der Waals surface area contributed by atoms with Crippen LogP contribution in [-0.2, 0) is 4.74 Å². The molecule has 114 valence electrons. The van der Waals surface area contributed by atoms with Gasteiger partial charge in [0.25, 0.3) is 0 Å². The van der Waals surface area contributed by atoms with Crippen molar-refractivity contribution in [1.82, 2.24) is 0 Å². The van der Waals surface area contributed by atoms with Gasteiger partial charge >= 0.3 is 0 Å². The summed E-state index contributed by atoms with van der Waals surface area (Å²) in [6.07, 6.45) is 3.29. The molecule has 4 heteroatoms. The molecule has 0 spiro atoms. The maximum absolute atomic E-state index is 5.65. The van der Waals surface area contributed by atoms with E-state index in [4.69, 9.17) is 15.2 Å². The average Bonchev–Trinajstić information content (AvgIpc) is 2.50. The Morgan fingerprint density at radius 3 is 2.40 bits per heavy atom. The maximum Gasteiger partial charge on any atom is 0.119 e. The Morgan fingerprint density at radius 2 is 1.80 bits per heavy atom. The van der Waals surface area contributed by atoms with Gasteiger partial charge in [0.2, 0.25) is 0 Å². The van der Waals surface area contributed by atoms with E-state index < -0.39 is 0 Å². The molecule has 0 saturated carbocycles. The Morgan fingerprint density at radius 1 is 1.05 bits per heavy atom. The molecule has 2 N–H and O–H groups in total. The predicted octanol–water partition coefficient (Wildman–Crippen LogP) is 2.67. The highest BCUT2D eigenvalue weighted by molar-refractivity contribution is 5.49. The van der Waals surface area contributed by atoms with Crippen LogP contribution in [0.4, 0.5) is 5.69 Å². The molecule has 1 aromatic rings. The normalized spacial score (nSPS) is 10.6. The highest BCUT2D eigenvalue weighted by atomic mass is 16.5. The van der Waals surface area contributed by atoms with E-state index in [0.29, 0.717) is 6.54 Å². The summed E-state index contributed by atoms with van der Waals surface area (Å²) < 4.78 is 10.8. The van der Waals surface area contributed by atoms with Gasteiger partial charge in [-0.1, -0.05) is 13.3 Å². The van der Waals surface area contributed by atoms with Gasteiger partial charge in [0.05, 0.1) is 13.7 Å². The second-order valence-corrected chi connectivity index (χ2v) is 4.79. The van der Waals surface area contributed by atoms with Crippen molar-refractivity contribution in [3.63, 3.8) is 0 Å². The van der Waals surface area contributed by atoms with Crippen molar-refractivity contribution in [3.05, 3.63) is 24.3 Å². The van der Waals surface area contributed by atoms with Crippen LogP contribution < -0.4 is 15.4 Å². The Kier molecular flexibility index (Phi) is 8.83. The van der Waals surface area contributed by atoms with Gasteiger partial charge in [-0.3, -0.25) is 0 Å². The molecule has 0 unspecified atom stereocenters. The van der Waals surface area contributed by atoms with Gasteiger partial charge in [-0.15, -0.1) is 0 Å². The van der Waals surface area contributed by atoms with Crippen molar-refractivity contribution >= 4 is 5.69 Å². The molecule has 0 atom stereocenters. The summed E-state index contributed by atoms with van der Waals surface area (Å²) in [5.74, 6) is 0.881. The lowest BCUT2D eigenvalue weighted by molar-refractivity contribution is 0.137. The maximum atomic E-state index is 5.65. The number of rotatable bonds is 11. The minimum atomic E-state index is 0.712. The summed E-state index contributed by atoms with van der Waals surface area (Å²) >= 11 is 0. The SMILES string of the molecule is CCCCOCCN(CCCN)c1ccc(OC)cc1. The molecular weight excluding hydrogens is 252 g/mol. The number of benzene rings is 1. The molecule has 4 nitrogen and oxygen atoms in total. The molecule has 0 fully saturated rings. The largest absolute Gasteiger partial charge is 0.497 e. The zero-order chi connectivity index (χ0) is 14.6.